The third kappa shape index (κ3) is 2.66. The SMILES string of the molecule is COc1ccccc1CSc1nnc(CN)n1C1CC1. The van der Waals surface area contributed by atoms with Crippen LogP contribution in [0.25, 0.3) is 0 Å². The second kappa shape index (κ2) is 5.85. The maximum absolute atomic E-state index is 5.73. The molecule has 2 aromatic rings. The van der Waals surface area contributed by atoms with E-state index in [0.29, 0.717) is 12.6 Å². The molecule has 1 aliphatic rings. The molecule has 6 heteroatoms. The lowest BCUT2D eigenvalue weighted by molar-refractivity contribution is 0.411. The van der Waals surface area contributed by atoms with Crippen molar-refractivity contribution in [3.05, 3.63) is 35.7 Å². The molecule has 0 atom stereocenters. The number of hydrogen-bond donors (Lipinski definition) is 1. The number of ether oxygens (including phenoxy) is 1. The number of nitrogens with two attached hydrogens (primary N) is 1. The topological polar surface area (TPSA) is 66.0 Å². The maximum Gasteiger partial charge on any atom is 0.191 e. The number of aromatic nitrogens is 3. The van der Waals surface area contributed by atoms with Crippen molar-refractivity contribution in [2.75, 3.05) is 7.11 Å². The average molecular weight is 290 g/mol. The molecule has 20 heavy (non-hydrogen) atoms. The minimum Gasteiger partial charge on any atom is -0.496 e. The highest BCUT2D eigenvalue weighted by molar-refractivity contribution is 7.98. The number of thioether (sulfide) groups is 1. The maximum atomic E-state index is 5.73. The Morgan fingerprint density at radius 2 is 2.15 bits per heavy atom. The van der Waals surface area contributed by atoms with Crippen molar-refractivity contribution < 1.29 is 4.74 Å². The number of rotatable bonds is 6. The van der Waals surface area contributed by atoms with E-state index in [4.69, 9.17) is 10.5 Å². The normalized spacial score (nSPS) is 14.5. The monoisotopic (exact) mass is 290 g/mol. The summed E-state index contributed by atoms with van der Waals surface area (Å²) in [5.74, 6) is 2.62. The minimum absolute atomic E-state index is 0.443. The molecule has 0 amide bonds. The number of nitrogens with zero attached hydrogens (tertiary/aromatic N) is 3. The largest absolute Gasteiger partial charge is 0.496 e. The van der Waals surface area contributed by atoms with E-state index in [0.717, 1.165) is 22.5 Å². The fourth-order valence-corrected chi connectivity index (χ4v) is 3.22. The van der Waals surface area contributed by atoms with Gasteiger partial charge in [0.15, 0.2) is 5.16 Å². The van der Waals surface area contributed by atoms with Crippen LogP contribution in [0.5, 0.6) is 5.75 Å². The van der Waals surface area contributed by atoms with Gasteiger partial charge >= 0.3 is 0 Å². The minimum atomic E-state index is 0.443. The molecule has 1 aromatic carbocycles. The van der Waals surface area contributed by atoms with Crippen LogP contribution < -0.4 is 10.5 Å². The van der Waals surface area contributed by atoms with Crippen LogP contribution in [0.4, 0.5) is 0 Å². The van der Waals surface area contributed by atoms with Gasteiger partial charge in [-0.3, -0.25) is 0 Å². The standard InChI is InChI=1S/C14H18N4OS/c1-19-12-5-3-2-4-10(12)9-20-14-17-16-13(8-15)18(14)11-6-7-11/h2-5,11H,6-9,15H2,1H3. The van der Waals surface area contributed by atoms with Gasteiger partial charge in [0.2, 0.25) is 0 Å². The van der Waals surface area contributed by atoms with Crippen LogP contribution in [-0.4, -0.2) is 21.9 Å². The molecule has 0 radical (unpaired) electrons. The molecule has 1 saturated carbocycles. The zero-order valence-corrected chi connectivity index (χ0v) is 12.3. The Bertz CT molecular complexity index is 595. The predicted molar refractivity (Wildman–Crippen MR) is 78.7 cm³/mol. The van der Waals surface area contributed by atoms with Crippen LogP contribution in [0, 0.1) is 0 Å². The molecular weight excluding hydrogens is 272 g/mol. The lowest BCUT2D eigenvalue weighted by Gasteiger charge is -2.09. The Hall–Kier alpha value is -1.53. The average Bonchev–Trinajstić information content (AvgIpc) is 3.25. The van der Waals surface area contributed by atoms with Gasteiger partial charge in [-0.25, -0.2) is 0 Å². The van der Waals surface area contributed by atoms with Crippen molar-refractivity contribution in [3.8, 4) is 5.75 Å². The van der Waals surface area contributed by atoms with Gasteiger partial charge in [-0.1, -0.05) is 30.0 Å². The quantitative estimate of drug-likeness (QED) is 0.827. The molecule has 0 saturated heterocycles. The molecule has 106 valence electrons. The molecule has 1 heterocycles. The van der Waals surface area contributed by atoms with Crippen LogP contribution in [0.1, 0.15) is 30.3 Å². The molecule has 0 spiro atoms. The van der Waals surface area contributed by atoms with Gasteiger partial charge in [-0.2, -0.15) is 0 Å². The van der Waals surface area contributed by atoms with Crippen LogP contribution >= 0.6 is 11.8 Å². The van der Waals surface area contributed by atoms with Gasteiger partial charge in [0, 0.05) is 17.4 Å². The summed E-state index contributed by atoms with van der Waals surface area (Å²) in [5, 5.41) is 9.42. The van der Waals surface area contributed by atoms with E-state index in [1.807, 2.05) is 18.2 Å². The van der Waals surface area contributed by atoms with Crippen LogP contribution in [0.3, 0.4) is 0 Å². The summed E-state index contributed by atoms with van der Waals surface area (Å²) in [6.45, 7) is 0.443. The Kier molecular flexibility index (Phi) is 3.93. The van der Waals surface area contributed by atoms with E-state index in [1.165, 1.54) is 18.4 Å². The molecule has 0 aliphatic heterocycles. The third-order valence-electron chi connectivity index (χ3n) is 3.38. The zero-order valence-electron chi connectivity index (χ0n) is 11.5. The fourth-order valence-electron chi connectivity index (χ4n) is 2.21. The molecular formula is C14H18N4OS. The second-order valence-electron chi connectivity index (χ2n) is 4.80. The third-order valence-corrected chi connectivity index (χ3v) is 4.37. The van der Waals surface area contributed by atoms with Crippen LogP contribution in [-0.2, 0) is 12.3 Å². The van der Waals surface area contributed by atoms with Gasteiger partial charge in [0.05, 0.1) is 13.7 Å². The van der Waals surface area contributed by atoms with Crippen molar-refractivity contribution in [2.45, 2.75) is 36.3 Å². The van der Waals surface area contributed by atoms with E-state index in [-0.39, 0.29) is 0 Å². The lowest BCUT2D eigenvalue weighted by Crippen LogP contribution is -2.08. The molecule has 3 rings (SSSR count). The van der Waals surface area contributed by atoms with Crippen molar-refractivity contribution in [1.82, 2.24) is 14.8 Å². The van der Waals surface area contributed by atoms with Crippen molar-refractivity contribution in [1.29, 1.82) is 0 Å². The first-order valence-corrected chi connectivity index (χ1v) is 7.70. The van der Waals surface area contributed by atoms with Crippen molar-refractivity contribution in [2.24, 2.45) is 5.73 Å². The van der Waals surface area contributed by atoms with Crippen molar-refractivity contribution >= 4 is 11.8 Å². The van der Waals surface area contributed by atoms with Gasteiger partial charge < -0.3 is 15.0 Å². The van der Waals surface area contributed by atoms with E-state index in [2.05, 4.69) is 20.8 Å². The molecule has 1 fully saturated rings. The summed E-state index contributed by atoms with van der Waals surface area (Å²) in [7, 11) is 1.70. The Balaban J connectivity index is 1.77. The highest BCUT2D eigenvalue weighted by Crippen LogP contribution is 2.39. The number of hydrogen-bond acceptors (Lipinski definition) is 5. The van der Waals surface area contributed by atoms with Crippen molar-refractivity contribution in [3.63, 3.8) is 0 Å². The number of benzene rings is 1. The smallest absolute Gasteiger partial charge is 0.191 e. The highest BCUT2D eigenvalue weighted by atomic mass is 32.2. The van der Waals surface area contributed by atoms with E-state index in [9.17, 15) is 0 Å². The molecule has 0 bridgehead atoms. The predicted octanol–water partition coefficient (Wildman–Crippen LogP) is 2.37. The molecule has 5 nitrogen and oxygen atoms in total. The Morgan fingerprint density at radius 3 is 2.85 bits per heavy atom. The first-order valence-electron chi connectivity index (χ1n) is 6.72. The summed E-state index contributed by atoms with van der Waals surface area (Å²) in [6, 6.07) is 8.60. The van der Waals surface area contributed by atoms with Gasteiger partial charge in [-0.05, 0) is 18.9 Å². The molecule has 1 aliphatic carbocycles. The van der Waals surface area contributed by atoms with Gasteiger partial charge in [0.25, 0.3) is 0 Å². The van der Waals surface area contributed by atoms with E-state index >= 15 is 0 Å². The molecule has 0 unspecified atom stereocenters. The summed E-state index contributed by atoms with van der Waals surface area (Å²) in [6.07, 6.45) is 2.40. The van der Waals surface area contributed by atoms with E-state index in [1.54, 1.807) is 18.9 Å². The molecule has 1 aromatic heterocycles. The Morgan fingerprint density at radius 1 is 1.35 bits per heavy atom. The second-order valence-corrected chi connectivity index (χ2v) is 5.75. The van der Waals surface area contributed by atoms with Gasteiger partial charge in [0.1, 0.15) is 11.6 Å². The number of methoxy groups -OCH3 is 1. The summed E-state index contributed by atoms with van der Waals surface area (Å²) >= 11 is 1.69. The summed E-state index contributed by atoms with van der Waals surface area (Å²) < 4.78 is 7.57. The lowest BCUT2D eigenvalue weighted by atomic mass is 10.2. The molecule has 2 N–H and O–H groups in total. The summed E-state index contributed by atoms with van der Waals surface area (Å²) in [5.41, 5.74) is 6.90. The van der Waals surface area contributed by atoms with Gasteiger partial charge in [-0.15, -0.1) is 10.2 Å². The zero-order chi connectivity index (χ0) is 13.9. The number of para-hydroxylation sites is 1. The fraction of sp³-hybridized carbons (Fsp3) is 0.429. The van der Waals surface area contributed by atoms with Crippen LogP contribution in [0.15, 0.2) is 29.4 Å². The summed E-state index contributed by atoms with van der Waals surface area (Å²) in [4.78, 5) is 0. The van der Waals surface area contributed by atoms with E-state index < -0.39 is 0 Å². The van der Waals surface area contributed by atoms with Crippen LogP contribution in [0.2, 0.25) is 0 Å². The highest BCUT2D eigenvalue weighted by Gasteiger charge is 2.29. The first kappa shape index (κ1) is 13.5. The first-order chi connectivity index (χ1) is 9.83. The Labute approximate surface area is 122 Å².